The lowest BCUT2D eigenvalue weighted by atomic mass is 10.0. The Kier molecular flexibility index (Phi) is 4.98. The third-order valence-electron chi connectivity index (χ3n) is 3.10. The molecule has 0 spiro atoms. The fraction of sp³-hybridized carbons (Fsp3) is 0.286. The van der Waals surface area contributed by atoms with Gasteiger partial charge in [0.2, 0.25) is 0 Å². The number of halogens is 1. The summed E-state index contributed by atoms with van der Waals surface area (Å²) in [5.74, 6) is 0. The van der Waals surface area contributed by atoms with Gasteiger partial charge >= 0.3 is 6.03 Å². The molecule has 0 aliphatic heterocycles. The van der Waals surface area contributed by atoms with Gasteiger partial charge in [0.15, 0.2) is 5.13 Å². The summed E-state index contributed by atoms with van der Waals surface area (Å²) in [5.41, 5.74) is 1.94. The Morgan fingerprint density at radius 1 is 1.10 bits per heavy atom. The molecule has 0 bridgehead atoms. The van der Waals surface area contributed by atoms with Crippen LogP contribution in [0.25, 0.3) is 0 Å². The molecule has 2 aromatic rings. The zero-order chi connectivity index (χ0) is 13.1. The van der Waals surface area contributed by atoms with Crippen LogP contribution >= 0.6 is 23.7 Å². The summed E-state index contributed by atoms with van der Waals surface area (Å²) >= 11 is 1.59. The maximum Gasteiger partial charge on any atom is 0.325 e. The quantitative estimate of drug-likeness (QED) is 0.878. The van der Waals surface area contributed by atoms with E-state index in [1.54, 1.807) is 11.3 Å². The van der Waals surface area contributed by atoms with Crippen LogP contribution in [0, 0.1) is 0 Å². The Labute approximate surface area is 128 Å². The number of carbonyl (C=O) groups excluding carboxylic acids is 1. The summed E-state index contributed by atoms with van der Waals surface area (Å²) in [7, 11) is 0. The fourth-order valence-electron chi connectivity index (χ4n) is 2.19. The molecule has 3 rings (SSSR count). The zero-order valence-corrected chi connectivity index (χ0v) is 12.5. The lowest BCUT2D eigenvalue weighted by Gasteiger charge is -2.06. The Morgan fingerprint density at radius 2 is 1.85 bits per heavy atom. The fourth-order valence-corrected chi connectivity index (χ4v) is 3.23. The van der Waals surface area contributed by atoms with Crippen LogP contribution in [-0.4, -0.2) is 11.0 Å². The van der Waals surface area contributed by atoms with Crippen molar-refractivity contribution in [1.29, 1.82) is 0 Å². The molecule has 1 aliphatic rings. The van der Waals surface area contributed by atoms with E-state index < -0.39 is 0 Å². The summed E-state index contributed by atoms with van der Waals surface area (Å²) < 4.78 is 0. The Hall–Kier alpha value is -1.59. The summed E-state index contributed by atoms with van der Waals surface area (Å²) in [5, 5.41) is 6.29. The molecule has 6 heteroatoms. The smallest absolute Gasteiger partial charge is 0.308 e. The van der Waals surface area contributed by atoms with E-state index in [0.717, 1.165) is 24.2 Å². The number of benzene rings is 1. The monoisotopic (exact) mass is 309 g/mol. The number of aromatic nitrogens is 1. The molecular weight excluding hydrogens is 294 g/mol. The molecule has 0 atom stereocenters. The number of aryl methyl sites for hydroxylation is 2. The predicted octanol–water partition coefficient (Wildman–Crippen LogP) is 4.09. The molecule has 0 radical (unpaired) electrons. The van der Waals surface area contributed by atoms with Gasteiger partial charge in [-0.05, 0) is 37.8 Å². The van der Waals surface area contributed by atoms with Crippen molar-refractivity contribution in [2.24, 2.45) is 0 Å². The number of para-hydroxylation sites is 1. The van der Waals surface area contributed by atoms with E-state index in [9.17, 15) is 4.79 Å². The molecule has 4 nitrogen and oxygen atoms in total. The maximum atomic E-state index is 11.8. The average Bonchev–Trinajstić information content (AvgIpc) is 2.81. The van der Waals surface area contributed by atoms with Crippen LogP contribution in [0.5, 0.6) is 0 Å². The molecule has 106 valence electrons. The number of fused-ring (bicyclic) bond motifs is 1. The highest BCUT2D eigenvalue weighted by Crippen LogP contribution is 2.29. The molecule has 2 N–H and O–H groups in total. The average molecular weight is 310 g/mol. The normalized spacial score (nSPS) is 13.0. The number of carbonyl (C=O) groups is 1. The molecule has 1 heterocycles. The van der Waals surface area contributed by atoms with Crippen molar-refractivity contribution >= 4 is 40.6 Å². The Balaban J connectivity index is 0.00000147. The molecule has 2 amide bonds. The third kappa shape index (κ3) is 3.49. The van der Waals surface area contributed by atoms with Crippen LogP contribution in [0.15, 0.2) is 30.3 Å². The maximum absolute atomic E-state index is 11.8. The number of hydrogen-bond donors (Lipinski definition) is 2. The first-order valence-electron chi connectivity index (χ1n) is 6.43. The number of nitrogens with one attached hydrogen (secondary N) is 2. The third-order valence-corrected chi connectivity index (χ3v) is 4.17. The number of amides is 2. The highest BCUT2D eigenvalue weighted by atomic mass is 35.5. The minimum Gasteiger partial charge on any atom is -0.308 e. The van der Waals surface area contributed by atoms with E-state index in [-0.39, 0.29) is 18.4 Å². The van der Waals surface area contributed by atoms with Crippen LogP contribution in [0.1, 0.15) is 23.4 Å². The van der Waals surface area contributed by atoms with Crippen LogP contribution in [-0.2, 0) is 12.8 Å². The summed E-state index contributed by atoms with van der Waals surface area (Å²) in [6, 6.07) is 9.16. The highest BCUT2D eigenvalue weighted by molar-refractivity contribution is 7.15. The molecule has 1 aliphatic carbocycles. The molecule has 1 aromatic carbocycles. The molecular formula is C14H16ClN3OS. The van der Waals surface area contributed by atoms with Crippen molar-refractivity contribution in [3.8, 4) is 0 Å². The lowest BCUT2D eigenvalue weighted by Crippen LogP contribution is -2.19. The van der Waals surface area contributed by atoms with Gasteiger partial charge in [-0.3, -0.25) is 5.32 Å². The summed E-state index contributed by atoms with van der Waals surface area (Å²) in [6.45, 7) is 0. The first-order valence-corrected chi connectivity index (χ1v) is 7.24. The first kappa shape index (κ1) is 14.8. The first-order chi connectivity index (χ1) is 9.31. The minimum atomic E-state index is -0.239. The van der Waals surface area contributed by atoms with Crippen LogP contribution < -0.4 is 10.6 Å². The molecule has 1 aromatic heterocycles. The van der Waals surface area contributed by atoms with E-state index >= 15 is 0 Å². The number of hydrogen-bond acceptors (Lipinski definition) is 3. The van der Waals surface area contributed by atoms with Crippen molar-refractivity contribution < 1.29 is 4.79 Å². The van der Waals surface area contributed by atoms with Crippen molar-refractivity contribution in [3.05, 3.63) is 40.9 Å². The number of nitrogens with zero attached hydrogens (tertiary/aromatic N) is 1. The Morgan fingerprint density at radius 3 is 2.60 bits per heavy atom. The van der Waals surface area contributed by atoms with Crippen LogP contribution in [0.4, 0.5) is 15.6 Å². The van der Waals surface area contributed by atoms with Gasteiger partial charge in [-0.25, -0.2) is 9.78 Å². The molecule has 0 saturated carbocycles. The number of anilines is 2. The predicted molar refractivity (Wildman–Crippen MR) is 85.1 cm³/mol. The largest absolute Gasteiger partial charge is 0.325 e. The number of thiazole rings is 1. The van der Waals surface area contributed by atoms with E-state index in [0.29, 0.717) is 5.13 Å². The lowest BCUT2D eigenvalue weighted by molar-refractivity contribution is 0.262. The second kappa shape index (κ2) is 6.72. The van der Waals surface area contributed by atoms with Crippen LogP contribution in [0.2, 0.25) is 0 Å². The molecule has 0 saturated heterocycles. The van der Waals surface area contributed by atoms with Gasteiger partial charge in [-0.2, -0.15) is 0 Å². The van der Waals surface area contributed by atoms with E-state index in [1.807, 2.05) is 30.3 Å². The number of rotatable bonds is 2. The van der Waals surface area contributed by atoms with Gasteiger partial charge in [0, 0.05) is 10.6 Å². The Bertz CT molecular complexity index is 562. The van der Waals surface area contributed by atoms with Crippen molar-refractivity contribution in [3.63, 3.8) is 0 Å². The van der Waals surface area contributed by atoms with Crippen molar-refractivity contribution in [1.82, 2.24) is 4.98 Å². The van der Waals surface area contributed by atoms with E-state index in [2.05, 4.69) is 15.6 Å². The SMILES string of the molecule is Cl.O=C(Nc1ccccc1)Nc1nc2c(s1)CCCC2. The van der Waals surface area contributed by atoms with E-state index in [4.69, 9.17) is 0 Å². The van der Waals surface area contributed by atoms with Crippen molar-refractivity contribution in [2.45, 2.75) is 25.7 Å². The van der Waals surface area contributed by atoms with Gasteiger partial charge in [0.1, 0.15) is 0 Å². The zero-order valence-electron chi connectivity index (χ0n) is 10.9. The second-order valence-electron chi connectivity index (χ2n) is 4.54. The van der Waals surface area contributed by atoms with Crippen molar-refractivity contribution in [2.75, 3.05) is 10.6 Å². The van der Waals surface area contributed by atoms with E-state index in [1.165, 1.54) is 17.7 Å². The number of urea groups is 1. The van der Waals surface area contributed by atoms with Gasteiger partial charge in [0.05, 0.1) is 5.69 Å². The van der Waals surface area contributed by atoms with Gasteiger partial charge < -0.3 is 5.32 Å². The standard InChI is InChI=1S/C14H15N3OS.ClH/c18-13(15-10-6-2-1-3-7-10)17-14-16-11-8-4-5-9-12(11)19-14;/h1-3,6-7H,4-5,8-9H2,(H2,15,16,17,18);1H. The second-order valence-corrected chi connectivity index (χ2v) is 5.62. The topological polar surface area (TPSA) is 54.0 Å². The summed E-state index contributed by atoms with van der Waals surface area (Å²) in [4.78, 5) is 17.6. The summed E-state index contributed by atoms with van der Waals surface area (Å²) in [6.07, 6.45) is 4.56. The molecule has 0 fully saturated rings. The molecule has 0 unspecified atom stereocenters. The van der Waals surface area contributed by atoms with Gasteiger partial charge in [-0.15, -0.1) is 23.7 Å². The minimum absolute atomic E-state index is 0. The molecule has 20 heavy (non-hydrogen) atoms. The van der Waals surface area contributed by atoms with Gasteiger partial charge in [0.25, 0.3) is 0 Å². The van der Waals surface area contributed by atoms with Gasteiger partial charge in [-0.1, -0.05) is 18.2 Å². The van der Waals surface area contributed by atoms with Crippen LogP contribution in [0.3, 0.4) is 0 Å². The highest BCUT2D eigenvalue weighted by Gasteiger charge is 2.16.